The average Bonchev–Trinajstić information content (AvgIpc) is 2.43. The largest absolute Gasteiger partial charge is 0.479 e. The van der Waals surface area contributed by atoms with Gasteiger partial charge in [-0.25, -0.2) is 4.79 Å². The Kier molecular flexibility index (Phi) is 1.47. The lowest BCUT2D eigenvalue weighted by Crippen LogP contribution is -2.25. The normalized spacial score (nSPS) is 38.2. The predicted molar refractivity (Wildman–Crippen MR) is 35.5 cm³/mol. The van der Waals surface area contributed by atoms with Gasteiger partial charge >= 0.3 is 5.97 Å². The predicted octanol–water partition coefficient (Wildman–Crippen LogP) is 0.478. The van der Waals surface area contributed by atoms with E-state index in [-0.39, 0.29) is 11.8 Å². The third-order valence-corrected chi connectivity index (χ3v) is 2.16. The van der Waals surface area contributed by atoms with Crippen LogP contribution in [0.25, 0.3) is 0 Å². The van der Waals surface area contributed by atoms with Crippen LogP contribution < -0.4 is 0 Å². The molecule has 0 heterocycles. The van der Waals surface area contributed by atoms with Gasteiger partial charge in [-0.2, -0.15) is 0 Å². The van der Waals surface area contributed by atoms with Crippen molar-refractivity contribution in [1.29, 1.82) is 0 Å². The second-order valence-corrected chi connectivity index (χ2v) is 3.28. The highest BCUT2D eigenvalue weighted by molar-refractivity contribution is 5.81. The van der Waals surface area contributed by atoms with Crippen molar-refractivity contribution < 1.29 is 15.0 Å². The van der Waals surface area contributed by atoms with Crippen molar-refractivity contribution >= 4 is 5.97 Å². The van der Waals surface area contributed by atoms with Crippen LogP contribution in [0.5, 0.6) is 0 Å². The number of carboxylic acid groups (broad SMARTS) is 1. The summed E-state index contributed by atoms with van der Waals surface area (Å²) in [5.41, 5.74) is -1.39. The van der Waals surface area contributed by atoms with Gasteiger partial charge in [-0.15, -0.1) is 0 Å². The average molecular weight is 144 g/mol. The summed E-state index contributed by atoms with van der Waals surface area (Å²) in [6.07, 6.45) is 0.417. The molecular formula is C7H12O3. The first-order valence-electron chi connectivity index (χ1n) is 3.44. The number of hydrogen-bond donors (Lipinski definition) is 2. The van der Waals surface area contributed by atoms with E-state index in [0.29, 0.717) is 6.42 Å². The van der Waals surface area contributed by atoms with E-state index < -0.39 is 11.6 Å². The molecule has 2 atom stereocenters. The molecule has 58 valence electrons. The maximum absolute atomic E-state index is 10.3. The van der Waals surface area contributed by atoms with Gasteiger partial charge in [0.2, 0.25) is 0 Å². The quantitative estimate of drug-likeness (QED) is 0.592. The Labute approximate surface area is 59.7 Å². The second-order valence-electron chi connectivity index (χ2n) is 3.28. The van der Waals surface area contributed by atoms with Gasteiger partial charge in [0.15, 0.2) is 5.60 Å². The standard InChI is InChI=1S/C7H12O3/c1-4(2)5-3-7(5,10)6(8)9/h4-5,10H,3H2,1-2H3,(H,8,9)/t5-,7-/m0/s1. The summed E-state index contributed by atoms with van der Waals surface area (Å²) in [5.74, 6) is -0.850. The molecule has 1 aliphatic rings. The van der Waals surface area contributed by atoms with Crippen LogP contribution in [0.2, 0.25) is 0 Å². The summed E-state index contributed by atoms with van der Waals surface area (Å²) >= 11 is 0. The van der Waals surface area contributed by atoms with E-state index >= 15 is 0 Å². The summed E-state index contributed by atoms with van der Waals surface area (Å²) in [4.78, 5) is 10.3. The lowest BCUT2D eigenvalue weighted by molar-refractivity contribution is -0.150. The van der Waals surface area contributed by atoms with Crippen molar-refractivity contribution in [2.75, 3.05) is 0 Å². The Morgan fingerprint density at radius 3 is 2.30 bits per heavy atom. The van der Waals surface area contributed by atoms with E-state index in [4.69, 9.17) is 5.11 Å². The first-order valence-corrected chi connectivity index (χ1v) is 3.44. The van der Waals surface area contributed by atoms with Crippen LogP contribution in [-0.4, -0.2) is 21.8 Å². The van der Waals surface area contributed by atoms with Gasteiger partial charge in [0.1, 0.15) is 0 Å². The fraction of sp³-hybridized carbons (Fsp3) is 0.857. The molecule has 2 N–H and O–H groups in total. The highest BCUT2D eigenvalue weighted by Crippen LogP contribution is 2.48. The molecule has 0 unspecified atom stereocenters. The van der Waals surface area contributed by atoms with Crippen LogP contribution in [0.1, 0.15) is 20.3 Å². The number of carbonyl (C=O) groups is 1. The molecule has 0 aromatic carbocycles. The van der Waals surface area contributed by atoms with Crippen molar-refractivity contribution in [2.45, 2.75) is 25.9 Å². The minimum absolute atomic E-state index is 0.0370. The van der Waals surface area contributed by atoms with Gasteiger partial charge in [-0.3, -0.25) is 0 Å². The van der Waals surface area contributed by atoms with Crippen LogP contribution in [-0.2, 0) is 4.79 Å². The van der Waals surface area contributed by atoms with Crippen molar-refractivity contribution in [2.24, 2.45) is 11.8 Å². The highest BCUT2D eigenvalue weighted by Gasteiger charge is 2.60. The Morgan fingerprint density at radius 1 is 1.70 bits per heavy atom. The van der Waals surface area contributed by atoms with E-state index in [9.17, 15) is 9.90 Å². The molecule has 1 aliphatic carbocycles. The van der Waals surface area contributed by atoms with Crippen molar-refractivity contribution in [1.82, 2.24) is 0 Å². The van der Waals surface area contributed by atoms with E-state index in [2.05, 4.69) is 0 Å². The molecule has 0 radical (unpaired) electrons. The van der Waals surface area contributed by atoms with Gasteiger partial charge in [-0.05, 0) is 12.3 Å². The minimum atomic E-state index is -1.39. The van der Waals surface area contributed by atoms with Gasteiger partial charge in [0, 0.05) is 5.92 Å². The van der Waals surface area contributed by atoms with Crippen LogP contribution in [0.15, 0.2) is 0 Å². The molecule has 1 saturated carbocycles. The van der Waals surface area contributed by atoms with Crippen LogP contribution in [0.3, 0.4) is 0 Å². The lowest BCUT2D eigenvalue weighted by Gasteiger charge is -2.05. The molecule has 0 spiro atoms. The molecule has 3 heteroatoms. The van der Waals surface area contributed by atoms with E-state index in [1.54, 1.807) is 0 Å². The third kappa shape index (κ3) is 0.904. The fourth-order valence-electron chi connectivity index (χ4n) is 1.31. The number of hydrogen-bond acceptors (Lipinski definition) is 2. The molecule has 1 fully saturated rings. The summed E-state index contributed by atoms with van der Waals surface area (Å²) in [5, 5.41) is 17.7. The molecule has 10 heavy (non-hydrogen) atoms. The topological polar surface area (TPSA) is 57.5 Å². The SMILES string of the molecule is CC(C)[C@@H]1C[C@@]1(O)C(=O)O. The maximum atomic E-state index is 10.3. The Hall–Kier alpha value is -0.570. The van der Waals surface area contributed by atoms with Gasteiger partial charge < -0.3 is 10.2 Å². The summed E-state index contributed by atoms with van der Waals surface area (Å²) in [7, 11) is 0. The van der Waals surface area contributed by atoms with Crippen molar-refractivity contribution in [3.05, 3.63) is 0 Å². The Bertz CT molecular complexity index is 164. The zero-order valence-electron chi connectivity index (χ0n) is 6.16. The summed E-state index contributed by atoms with van der Waals surface area (Å²) in [6.45, 7) is 3.84. The molecule has 0 aromatic rings. The van der Waals surface area contributed by atoms with Crippen molar-refractivity contribution in [3.8, 4) is 0 Å². The molecule has 0 saturated heterocycles. The number of rotatable bonds is 2. The monoisotopic (exact) mass is 144 g/mol. The molecule has 1 rings (SSSR count). The van der Waals surface area contributed by atoms with E-state index in [1.807, 2.05) is 13.8 Å². The van der Waals surface area contributed by atoms with Crippen LogP contribution in [0.4, 0.5) is 0 Å². The molecule has 3 nitrogen and oxygen atoms in total. The third-order valence-electron chi connectivity index (χ3n) is 2.16. The Morgan fingerprint density at radius 2 is 2.20 bits per heavy atom. The molecule has 0 aromatic heterocycles. The minimum Gasteiger partial charge on any atom is -0.479 e. The molecule has 0 amide bonds. The number of carboxylic acids is 1. The highest BCUT2D eigenvalue weighted by atomic mass is 16.4. The van der Waals surface area contributed by atoms with E-state index in [1.165, 1.54) is 0 Å². The van der Waals surface area contributed by atoms with Gasteiger partial charge in [0.25, 0.3) is 0 Å². The first-order chi connectivity index (χ1) is 4.48. The summed E-state index contributed by atoms with van der Waals surface area (Å²) in [6, 6.07) is 0. The molecule has 0 bridgehead atoms. The van der Waals surface area contributed by atoms with Crippen LogP contribution >= 0.6 is 0 Å². The smallest absolute Gasteiger partial charge is 0.335 e. The number of aliphatic hydroxyl groups is 1. The lowest BCUT2D eigenvalue weighted by atomic mass is 10.1. The van der Waals surface area contributed by atoms with Crippen LogP contribution in [0, 0.1) is 11.8 Å². The fourth-order valence-corrected chi connectivity index (χ4v) is 1.31. The van der Waals surface area contributed by atoms with Gasteiger partial charge in [-0.1, -0.05) is 13.8 Å². The Balaban J connectivity index is 2.56. The first kappa shape index (κ1) is 7.54. The number of aliphatic carboxylic acids is 1. The second kappa shape index (κ2) is 1.95. The van der Waals surface area contributed by atoms with Crippen molar-refractivity contribution in [3.63, 3.8) is 0 Å². The molecular weight excluding hydrogens is 132 g/mol. The zero-order chi connectivity index (χ0) is 7.94. The van der Waals surface area contributed by atoms with Gasteiger partial charge in [0.05, 0.1) is 0 Å². The van der Waals surface area contributed by atoms with E-state index in [0.717, 1.165) is 0 Å². The maximum Gasteiger partial charge on any atom is 0.335 e. The molecule has 0 aliphatic heterocycles. The zero-order valence-corrected chi connectivity index (χ0v) is 6.16. The summed E-state index contributed by atoms with van der Waals surface area (Å²) < 4.78 is 0.